The van der Waals surface area contributed by atoms with Crippen LogP contribution in [0, 0.1) is 5.92 Å². The lowest BCUT2D eigenvalue weighted by molar-refractivity contribution is 0.0257. The van der Waals surface area contributed by atoms with Crippen molar-refractivity contribution >= 4 is 21.6 Å². The molecular formula is C23H36N4O3S. The number of aliphatic hydroxyl groups excluding tert-OH is 1. The van der Waals surface area contributed by atoms with Gasteiger partial charge in [-0.25, -0.2) is 4.98 Å². The molecule has 0 aromatic carbocycles. The molecule has 1 unspecified atom stereocenters. The fraction of sp³-hybridized carbons (Fsp3) is 0.739. The second kappa shape index (κ2) is 10.5. The fourth-order valence-electron chi connectivity index (χ4n) is 4.49. The maximum Gasteiger partial charge on any atom is 0.259 e. The Kier molecular flexibility index (Phi) is 7.77. The van der Waals surface area contributed by atoms with Crippen molar-refractivity contribution in [1.82, 2.24) is 19.8 Å². The zero-order valence-corrected chi connectivity index (χ0v) is 19.7. The van der Waals surface area contributed by atoms with Gasteiger partial charge in [0.15, 0.2) is 0 Å². The molecule has 1 atom stereocenters. The Bertz CT molecular complexity index is 919. The topological polar surface area (TPSA) is 81.7 Å². The normalized spacial score (nSPS) is 19.1. The Morgan fingerprint density at radius 1 is 1.23 bits per heavy atom. The van der Waals surface area contributed by atoms with Crippen LogP contribution in [-0.4, -0.2) is 76.9 Å². The van der Waals surface area contributed by atoms with Crippen molar-refractivity contribution in [2.45, 2.75) is 58.6 Å². The molecular weight excluding hydrogens is 412 g/mol. The van der Waals surface area contributed by atoms with E-state index in [9.17, 15) is 9.90 Å². The summed E-state index contributed by atoms with van der Waals surface area (Å²) in [5, 5.41) is 11.3. The lowest BCUT2D eigenvalue weighted by atomic mass is 10.1. The average molecular weight is 449 g/mol. The van der Waals surface area contributed by atoms with Gasteiger partial charge in [-0.15, -0.1) is 11.3 Å². The molecule has 0 amide bonds. The molecule has 1 saturated heterocycles. The maximum atomic E-state index is 13.0. The molecule has 1 aliphatic carbocycles. The van der Waals surface area contributed by atoms with E-state index in [0.717, 1.165) is 68.9 Å². The second-order valence-corrected chi connectivity index (χ2v) is 10.3. The highest BCUT2D eigenvalue weighted by Crippen LogP contribution is 2.32. The van der Waals surface area contributed by atoms with Crippen molar-refractivity contribution < 1.29 is 9.84 Å². The van der Waals surface area contributed by atoms with E-state index in [1.54, 1.807) is 11.3 Å². The first kappa shape index (κ1) is 22.9. The van der Waals surface area contributed by atoms with E-state index in [1.807, 2.05) is 13.8 Å². The monoisotopic (exact) mass is 448 g/mol. The van der Waals surface area contributed by atoms with Crippen LogP contribution >= 0.6 is 11.3 Å². The summed E-state index contributed by atoms with van der Waals surface area (Å²) in [6.45, 7) is 10.4. The number of aryl methyl sites for hydroxylation is 2. The predicted molar refractivity (Wildman–Crippen MR) is 125 cm³/mol. The van der Waals surface area contributed by atoms with Gasteiger partial charge in [-0.3, -0.25) is 14.6 Å². The molecule has 2 aromatic heterocycles. The third-order valence-electron chi connectivity index (χ3n) is 6.55. The van der Waals surface area contributed by atoms with Gasteiger partial charge < -0.3 is 14.8 Å². The van der Waals surface area contributed by atoms with Gasteiger partial charge in [0.1, 0.15) is 10.7 Å². The number of ether oxygens (including phenoxy) is 1. The van der Waals surface area contributed by atoms with Crippen LogP contribution in [0.1, 0.15) is 49.4 Å². The molecule has 7 nitrogen and oxygen atoms in total. The van der Waals surface area contributed by atoms with Crippen LogP contribution in [0.3, 0.4) is 0 Å². The highest BCUT2D eigenvalue weighted by atomic mass is 32.1. The summed E-state index contributed by atoms with van der Waals surface area (Å²) in [6, 6.07) is 0. The minimum atomic E-state index is -0.405. The van der Waals surface area contributed by atoms with Crippen LogP contribution in [0.25, 0.3) is 10.2 Å². The Morgan fingerprint density at radius 3 is 2.77 bits per heavy atom. The highest BCUT2D eigenvalue weighted by molar-refractivity contribution is 7.18. The molecule has 31 heavy (non-hydrogen) atoms. The third-order valence-corrected chi connectivity index (χ3v) is 7.73. The minimum Gasteiger partial charge on any atom is -0.392 e. The summed E-state index contributed by atoms with van der Waals surface area (Å²) in [4.78, 5) is 27.8. The van der Waals surface area contributed by atoms with Crippen LogP contribution in [-0.2, 0) is 24.1 Å². The highest BCUT2D eigenvalue weighted by Gasteiger charge is 2.21. The first-order chi connectivity index (χ1) is 15.0. The molecule has 3 heterocycles. The molecule has 2 aromatic rings. The molecule has 2 N–H and O–H groups in total. The summed E-state index contributed by atoms with van der Waals surface area (Å²) < 4.78 is 5.45. The Labute approximate surface area is 188 Å². The molecule has 0 saturated carbocycles. The average Bonchev–Trinajstić information content (AvgIpc) is 2.94. The number of fused-ring (bicyclic) bond motifs is 3. The molecule has 0 radical (unpaired) electrons. The number of nitrogens with zero attached hydrogens (tertiary/aromatic N) is 3. The molecule has 172 valence electrons. The van der Waals surface area contributed by atoms with E-state index in [1.165, 1.54) is 23.3 Å². The van der Waals surface area contributed by atoms with Crippen LogP contribution in [0.5, 0.6) is 0 Å². The standard InChI is InChI=1S/C23H36N4O3S/c1-16(2)18(28)14-27(9-8-26-10-12-30-13-11-26)15-20-24-22(29)21-17-6-4-3-5-7-19(17)31-23(21)25-20/h16,18,28H,3-15H2,1-2H3,(H,24,25,29). The lowest BCUT2D eigenvalue weighted by Crippen LogP contribution is -2.43. The lowest BCUT2D eigenvalue weighted by Gasteiger charge is -2.31. The van der Waals surface area contributed by atoms with E-state index in [4.69, 9.17) is 9.72 Å². The summed E-state index contributed by atoms with van der Waals surface area (Å²) in [6.07, 6.45) is 5.25. The van der Waals surface area contributed by atoms with Crippen molar-refractivity contribution in [2.75, 3.05) is 45.9 Å². The van der Waals surface area contributed by atoms with Crippen molar-refractivity contribution in [3.05, 3.63) is 26.6 Å². The molecule has 1 aliphatic heterocycles. The number of rotatable bonds is 8. The number of aromatic amines is 1. The van der Waals surface area contributed by atoms with E-state index < -0.39 is 6.10 Å². The third kappa shape index (κ3) is 5.73. The first-order valence-electron chi connectivity index (χ1n) is 11.7. The molecule has 0 spiro atoms. The van der Waals surface area contributed by atoms with Crippen LogP contribution < -0.4 is 5.56 Å². The van der Waals surface area contributed by atoms with E-state index in [2.05, 4.69) is 14.8 Å². The first-order valence-corrected chi connectivity index (χ1v) is 12.6. The summed E-state index contributed by atoms with van der Waals surface area (Å²) >= 11 is 1.70. The van der Waals surface area contributed by atoms with Gasteiger partial charge in [-0.2, -0.15) is 0 Å². The molecule has 8 heteroatoms. The Balaban J connectivity index is 1.52. The quantitative estimate of drug-likeness (QED) is 0.604. The van der Waals surface area contributed by atoms with Crippen molar-refractivity contribution in [2.24, 2.45) is 5.92 Å². The largest absolute Gasteiger partial charge is 0.392 e. The summed E-state index contributed by atoms with van der Waals surface area (Å²) in [7, 11) is 0. The maximum absolute atomic E-state index is 13.0. The number of aliphatic hydroxyl groups is 1. The van der Waals surface area contributed by atoms with E-state index >= 15 is 0 Å². The van der Waals surface area contributed by atoms with Crippen molar-refractivity contribution in [3.63, 3.8) is 0 Å². The number of hydrogen-bond donors (Lipinski definition) is 2. The number of morpholine rings is 1. The SMILES string of the molecule is CC(C)C(O)CN(CCN1CCOCC1)Cc1nc2sc3c(c2c(=O)[nH]1)CCCCC3. The molecule has 2 aliphatic rings. The number of thiophene rings is 1. The summed E-state index contributed by atoms with van der Waals surface area (Å²) in [5.74, 6) is 0.889. The number of hydrogen-bond acceptors (Lipinski definition) is 7. The Hall–Kier alpha value is -1.32. The van der Waals surface area contributed by atoms with Gasteiger partial charge in [0, 0.05) is 37.6 Å². The predicted octanol–water partition coefficient (Wildman–Crippen LogP) is 2.40. The van der Waals surface area contributed by atoms with Crippen molar-refractivity contribution in [1.29, 1.82) is 0 Å². The second-order valence-electron chi connectivity index (χ2n) is 9.26. The fourth-order valence-corrected chi connectivity index (χ4v) is 5.77. The minimum absolute atomic E-state index is 0.00284. The van der Waals surface area contributed by atoms with Gasteiger partial charge in [0.2, 0.25) is 0 Å². The Morgan fingerprint density at radius 2 is 2.00 bits per heavy atom. The number of aromatic nitrogens is 2. The van der Waals surface area contributed by atoms with Crippen LogP contribution in [0.4, 0.5) is 0 Å². The molecule has 4 rings (SSSR count). The van der Waals surface area contributed by atoms with Gasteiger partial charge in [-0.1, -0.05) is 20.3 Å². The van der Waals surface area contributed by atoms with Gasteiger partial charge in [0.25, 0.3) is 5.56 Å². The van der Waals surface area contributed by atoms with Crippen molar-refractivity contribution in [3.8, 4) is 0 Å². The van der Waals surface area contributed by atoms with E-state index in [0.29, 0.717) is 18.9 Å². The molecule has 0 bridgehead atoms. The van der Waals surface area contributed by atoms with Gasteiger partial charge >= 0.3 is 0 Å². The van der Waals surface area contributed by atoms with E-state index in [-0.39, 0.29) is 11.5 Å². The number of H-pyrrole nitrogens is 1. The molecule has 1 fully saturated rings. The smallest absolute Gasteiger partial charge is 0.259 e. The summed E-state index contributed by atoms with van der Waals surface area (Å²) in [5.41, 5.74) is 1.23. The van der Waals surface area contributed by atoms with Crippen LogP contribution in [0.15, 0.2) is 4.79 Å². The zero-order chi connectivity index (χ0) is 21.8. The van der Waals surface area contributed by atoms with Crippen LogP contribution in [0.2, 0.25) is 0 Å². The number of nitrogens with one attached hydrogen (secondary N) is 1. The zero-order valence-electron chi connectivity index (χ0n) is 18.9. The van der Waals surface area contributed by atoms with Gasteiger partial charge in [-0.05, 0) is 37.2 Å². The van der Waals surface area contributed by atoms with Gasteiger partial charge in [0.05, 0.1) is 31.2 Å².